The molecule has 3 heterocycles. The van der Waals surface area contributed by atoms with Crippen molar-refractivity contribution >= 4 is 61.7 Å². The number of benzene rings is 3. The zero-order chi connectivity index (χ0) is 34.1. The molecule has 2 N–H and O–H groups in total. The number of likely N-dealkylation sites (N-methyl/N-ethyl adjacent to an activating group) is 1. The number of nitrogens with one attached hydrogen (secondary N) is 1. The Hall–Kier alpha value is -5.53. The fraction of sp³-hybridized carbons (Fsp3) is 0.286. The van der Waals surface area contributed by atoms with Crippen LogP contribution in [0.3, 0.4) is 0 Å². The van der Waals surface area contributed by atoms with Crippen LogP contribution < -0.4 is 30.0 Å². The molecule has 3 aromatic carbocycles. The summed E-state index contributed by atoms with van der Waals surface area (Å²) in [6.07, 6.45) is 0.981. The number of rotatable bonds is 10. The van der Waals surface area contributed by atoms with E-state index in [1.54, 1.807) is 47.2 Å². The smallest absolute Gasteiger partial charge is 0.419 e. The van der Waals surface area contributed by atoms with E-state index in [2.05, 4.69) is 10.3 Å². The highest BCUT2D eigenvalue weighted by atomic mass is 16.7. The first-order valence-electron chi connectivity index (χ1n) is 15.4. The fourth-order valence-electron chi connectivity index (χ4n) is 5.69. The Morgan fingerprint density at radius 2 is 1.73 bits per heavy atom. The third-order valence-electron chi connectivity index (χ3n) is 8.23. The molecule has 1 aliphatic rings. The Balaban J connectivity index is 1.42. The number of fused-ring (bicyclic) bond motifs is 6. The van der Waals surface area contributed by atoms with Crippen LogP contribution >= 0.6 is 0 Å². The Morgan fingerprint density at radius 3 is 2.46 bits per heavy atom. The molecule has 248 valence electrons. The van der Waals surface area contributed by atoms with Gasteiger partial charge in [-0.15, -0.1) is 0 Å². The van der Waals surface area contributed by atoms with Gasteiger partial charge < -0.3 is 38.9 Å². The molecule has 0 aliphatic carbocycles. The maximum absolute atomic E-state index is 14.3. The largest absolute Gasteiger partial charge is 0.454 e. The molecular weight excluding hydrogens is 618 g/mol. The number of hydrogen-bond donors (Lipinski definition) is 2. The number of para-hydroxylation sites is 2. The molecule has 48 heavy (non-hydrogen) atoms. The zero-order valence-corrected chi connectivity index (χ0v) is 27.0. The first-order valence-corrected chi connectivity index (χ1v) is 15.4. The van der Waals surface area contributed by atoms with Gasteiger partial charge in [-0.05, 0) is 56.7 Å². The highest BCUT2D eigenvalue weighted by molar-refractivity contribution is 6.15. The van der Waals surface area contributed by atoms with Crippen molar-refractivity contribution in [2.45, 2.75) is 32.9 Å². The summed E-state index contributed by atoms with van der Waals surface area (Å²) in [7, 11) is 5.32. The van der Waals surface area contributed by atoms with Crippen LogP contribution in [-0.4, -0.2) is 71.8 Å². The highest BCUT2D eigenvalue weighted by Gasteiger charge is 2.23. The molecule has 0 bridgehead atoms. The second-order valence-electron chi connectivity index (χ2n) is 11.9. The summed E-state index contributed by atoms with van der Waals surface area (Å²) in [5, 5.41) is 15.3. The van der Waals surface area contributed by atoms with E-state index >= 15 is 0 Å². The van der Waals surface area contributed by atoms with Crippen LogP contribution in [0.5, 0.6) is 17.2 Å². The monoisotopic (exact) mass is 653 g/mol. The van der Waals surface area contributed by atoms with Gasteiger partial charge in [0.05, 0.1) is 34.4 Å². The van der Waals surface area contributed by atoms with Gasteiger partial charge in [-0.2, -0.15) is 0 Å². The molecule has 13 nitrogen and oxygen atoms in total. The first-order chi connectivity index (χ1) is 23.0. The maximum atomic E-state index is 14.3. The first kappa shape index (κ1) is 32.4. The lowest BCUT2D eigenvalue weighted by atomic mass is 10.0. The van der Waals surface area contributed by atoms with E-state index in [1.165, 1.54) is 24.9 Å². The van der Waals surface area contributed by atoms with Crippen molar-refractivity contribution in [3.63, 3.8) is 0 Å². The van der Waals surface area contributed by atoms with Crippen LogP contribution in [-0.2, 0) is 22.7 Å². The van der Waals surface area contributed by atoms with E-state index in [0.29, 0.717) is 63.2 Å². The molecule has 0 saturated heterocycles. The summed E-state index contributed by atoms with van der Waals surface area (Å²) in [5.74, 6) is 0.668. The predicted octanol–water partition coefficient (Wildman–Crippen LogP) is 4.43. The number of carbonyl (C=O) groups excluding carboxylic acids is 3. The van der Waals surface area contributed by atoms with Crippen LogP contribution in [0, 0.1) is 0 Å². The van der Waals surface area contributed by atoms with Crippen molar-refractivity contribution in [2.75, 3.05) is 44.7 Å². The number of Topliss-reactive ketones (excluding diaryl/α,β-unsaturated/α-hetero) is 1. The van der Waals surface area contributed by atoms with E-state index in [-0.39, 0.29) is 53.6 Å². The zero-order valence-electron chi connectivity index (χ0n) is 27.0. The van der Waals surface area contributed by atoms with Crippen molar-refractivity contribution < 1.29 is 33.7 Å². The lowest BCUT2D eigenvalue weighted by Crippen LogP contribution is -2.31. The topological polar surface area (TPSA) is 153 Å². The number of aliphatic hydroxyl groups excluding tert-OH is 1. The second kappa shape index (κ2) is 13.3. The summed E-state index contributed by atoms with van der Waals surface area (Å²) in [6.45, 7) is 1.96. The van der Waals surface area contributed by atoms with E-state index in [4.69, 9.17) is 14.2 Å². The van der Waals surface area contributed by atoms with Gasteiger partial charge in [0, 0.05) is 61.6 Å². The SMILES string of the molecule is CC(=O)CCC(=O)Nc1ccccc1N(C)C(=O)Oc1cc2c(=O)n(CCN(C)C)c3c4cc5c(cc4ncc3c2cc1CO)OCO5. The fourth-order valence-corrected chi connectivity index (χ4v) is 5.69. The number of amides is 2. The molecule has 0 radical (unpaired) electrons. The van der Waals surface area contributed by atoms with Crippen molar-refractivity contribution in [3.8, 4) is 17.2 Å². The Labute approximate surface area is 275 Å². The molecule has 0 spiro atoms. The maximum Gasteiger partial charge on any atom is 0.419 e. The van der Waals surface area contributed by atoms with Crippen molar-refractivity contribution in [1.82, 2.24) is 14.5 Å². The Bertz CT molecular complexity index is 2160. The number of pyridine rings is 2. The summed E-state index contributed by atoms with van der Waals surface area (Å²) in [6, 6.07) is 13.4. The molecule has 0 unspecified atom stereocenters. The lowest BCUT2D eigenvalue weighted by Gasteiger charge is -2.22. The molecule has 1 aliphatic heterocycles. The molecule has 5 aromatic rings. The van der Waals surface area contributed by atoms with Crippen LogP contribution in [0.4, 0.5) is 16.2 Å². The minimum atomic E-state index is -0.813. The van der Waals surface area contributed by atoms with E-state index in [1.807, 2.05) is 25.1 Å². The number of ether oxygens (including phenoxy) is 3. The van der Waals surface area contributed by atoms with Crippen LogP contribution in [0.15, 0.2) is 59.5 Å². The van der Waals surface area contributed by atoms with Crippen LogP contribution in [0.25, 0.3) is 32.6 Å². The molecule has 0 saturated carbocycles. The normalized spacial score (nSPS) is 12.2. The van der Waals surface area contributed by atoms with Gasteiger partial charge in [0.15, 0.2) is 11.5 Å². The summed E-state index contributed by atoms with van der Waals surface area (Å²) in [4.78, 5) is 59.4. The molecule has 2 amide bonds. The quantitative estimate of drug-likeness (QED) is 0.207. The molecule has 0 fully saturated rings. The van der Waals surface area contributed by atoms with Gasteiger partial charge in [0.1, 0.15) is 11.5 Å². The molecular formula is C35H35N5O8. The Morgan fingerprint density at radius 1 is 0.979 bits per heavy atom. The number of aliphatic hydroxyl groups is 1. The standard InChI is InChI=1S/C35H35N5O8/c1-20(42)9-10-32(43)37-26-7-5-6-8-28(26)39(4)35(45)48-29-14-23-22(13-21(29)18-41)25-17-36-27-16-31-30(46-19-47-31)15-24(27)33(25)40(34(23)44)12-11-38(2)3/h5-8,13-17,41H,9-12,18-19H2,1-4H3,(H,37,43). The second-order valence-corrected chi connectivity index (χ2v) is 11.9. The van der Waals surface area contributed by atoms with Crippen LogP contribution in [0.2, 0.25) is 0 Å². The number of ketones is 1. The number of aromatic nitrogens is 2. The van der Waals surface area contributed by atoms with E-state index in [9.17, 15) is 24.3 Å². The van der Waals surface area contributed by atoms with Crippen molar-refractivity contribution in [1.29, 1.82) is 0 Å². The van der Waals surface area contributed by atoms with E-state index < -0.39 is 12.7 Å². The van der Waals surface area contributed by atoms with Crippen molar-refractivity contribution in [3.05, 3.63) is 70.6 Å². The molecule has 13 heteroatoms. The van der Waals surface area contributed by atoms with Gasteiger partial charge in [0.2, 0.25) is 12.7 Å². The minimum absolute atomic E-state index is 0.00520. The van der Waals surface area contributed by atoms with E-state index in [0.717, 1.165) is 0 Å². The Kier molecular flexibility index (Phi) is 8.98. The summed E-state index contributed by atoms with van der Waals surface area (Å²) in [5.41, 5.74) is 1.97. The lowest BCUT2D eigenvalue weighted by molar-refractivity contribution is -0.121. The molecule has 6 rings (SSSR count). The van der Waals surface area contributed by atoms with Gasteiger partial charge in [-0.3, -0.25) is 19.5 Å². The average molecular weight is 654 g/mol. The molecule has 2 aromatic heterocycles. The number of anilines is 2. The third-order valence-corrected chi connectivity index (χ3v) is 8.23. The average Bonchev–Trinajstić information content (AvgIpc) is 3.53. The van der Waals surface area contributed by atoms with Crippen molar-refractivity contribution in [2.24, 2.45) is 0 Å². The number of carbonyl (C=O) groups is 3. The van der Waals surface area contributed by atoms with Gasteiger partial charge in [-0.25, -0.2) is 4.79 Å². The van der Waals surface area contributed by atoms with Gasteiger partial charge >= 0.3 is 6.09 Å². The predicted molar refractivity (Wildman–Crippen MR) is 181 cm³/mol. The van der Waals surface area contributed by atoms with Gasteiger partial charge in [0.25, 0.3) is 5.56 Å². The summed E-state index contributed by atoms with van der Waals surface area (Å²) >= 11 is 0. The number of nitrogens with zero attached hydrogens (tertiary/aromatic N) is 4. The summed E-state index contributed by atoms with van der Waals surface area (Å²) < 4.78 is 18.7. The third kappa shape index (κ3) is 6.25. The molecule has 0 atom stereocenters. The number of hydrogen-bond acceptors (Lipinski definition) is 10. The highest BCUT2D eigenvalue weighted by Crippen LogP contribution is 2.39. The minimum Gasteiger partial charge on any atom is -0.454 e. The van der Waals surface area contributed by atoms with Crippen LogP contribution in [0.1, 0.15) is 25.3 Å². The van der Waals surface area contributed by atoms with Gasteiger partial charge in [-0.1, -0.05) is 12.1 Å².